The molecule has 0 amide bonds. The fourth-order valence-corrected chi connectivity index (χ4v) is 2.02. The first-order chi connectivity index (χ1) is 8.22. The van der Waals surface area contributed by atoms with Crippen LogP contribution in [0.15, 0.2) is 29.4 Å². The predicted octanol–water partition coefficient (Wildman–Crippen LogP) is 2.95. The van der Waals surface area contributed by atoms with E-state index in [1.54, 1.807) is 7.11 Å². The molecule has 1 heterocycles. The largest absolute Gasteiger partial charge is 0.390 e. The molecule has 0 saturated heterocycles. The van der Waals surface area contributed by atoms with E-state index in [0.717, 1.165) is 23.3 Å². The van der Waals surface area contributed by atoms with E-state index in [4.69, 9.17) is 21.2 Å². The van der Waals surface area contributed by atoms with Crippen LogP contribution in [0.5, 0.6) is 0 Å². The molecule has 4 heteroatoms. The van der Waals surface area contributed by atoms with E-state index in [1.807, 2.05) is 31.2 Å². The zero-order valence-electron chi connectivity index (χ0n) is 10.0. The van der Waals surface area contributed by atoms with Crippen LogP contribution in [-0.2, 0) is 16.2 Å². The summed E-state index contributed by atoms with van der Waals surface area (Å²) in [6.45, 7) is 2.50. The summed E-state index contributed by atoms with van der Waals surface area (Å²) in [5.74, 6) is 0. The average Bonchev–Trinajstić information content (AvgIpc) is 2.79. The number of nitrogens with zero attached hydrogens (tertiary/aromatic N) is 1. The molecule has 0 fully saturated rings. The van der Waals surface area contributed by atoms with Gasteiger partial charge in [-0.25, -0.2) is 0 Å². The van der Waals surface area contributed by atoms with Gasteiger partial charge in [-0.15, -0.1) is 11.6 Å². The highest BCUT2D eigenvalue weighted by Gasteiger charge is 2.27. The molecular weight excluding hydrogens is 238 g/mol. The third-order valence-corrected chi connectivity index (χ3v) is 3.11. The molecule has 0 spiro atoms. The molecule has 0 aromatic heterocycles. The highest BCUT2D eigenvalue weighted by molar-refractivity contribution is 6.21. The van der Waals surface area contributed by atoms with Crippen LogP contribution in [0.1, 0.15) is 24.5 Å². The van der Waals surface area contributed by atoms with Gasteiger partial charge in [0.05, 0.1) is 17.7 Å². The molecular formula is C13H16ClNO2. The van der Waals surface area contributed by atoms with E-state index in [1.165, 1.54) is 0 Å². The van der Waals surface area contributed by atoms with Crippen LogP contribution >= 0.6 is 11.6 Å². The van der Waals surface area contributed by atoms with Crippen LogP contribution in [0.4, 0.5) is 0 Å². The summed E-state index contributed by atoms with van der Waals surface area (Å²) in [4.78, 5) is 5.33. The van der Waals surface area contributed by atoms with Crippen molar-refractivity contribution < 1.29 is 9.57 Å². The fourth-order valence-electron chi connectivity index (χ4n) is 1.89. The Morgan fingerprint density at radius 1 is 1.53 bits per heavy atom. The summed E-state index contributed by atoms with van der Waals surface area (Å²) in [5, 5.41) is 4.09. The SMILES string of the molecule is COCc1ccccc1C1=NOC(C(C)Cl)C1. The Morgan fingerprint density at radius 3 is 2.94 bits per heavy atom. The molecule has 92 valence electrons. The van der Waals surface area contributed by atoms with Crippen molar-refractivity contribution in [3.63, 3.8) is 0 Å². The molecule has 1 aliphatic rings. The molecule has 0 saturated carbocycles. The van der Waals surface area contributed by atoms with Gasteiger partial charge in [0.2, 0.25) is 0 Å². The van der Waals surface area contributed by atoms with E-state index in [9.17, 15) is 0 Å². The predicted molar refractivity (Wildman–Crippen MR) is 68.5 cm³/mol. The third kappa shape index (κ3) is 2.79. The number of oxime groups is 1. The van der Waals surface area contributed by atoms with Gasteiger partial charge in [0, 0.05) is 19.1 Å². The van der Waals surface area contributed by atoms with E-state index >= 15 is 0 Å². The number of methoxy groups -OCH3 is 1. The van der Waals surface area contributed by atoms with Crippen molar-refractivity contribution in [3.05, 3.63) is 35.4 Å². The van der Waals surface area contributed by atoms with E-state index in [-0.39, 0.29) is 11.5 Å². The zero-order valence-corrected chi connectivity index (χ0v) is 10.8. The van der Waals surface area contributed by atoms with E-state index < -0.39 is 0 Å². The van der Waals surface area contributed by atoms with Gasteiger partial charge in [0.25, 0.3) is 0 Å². The van der Waals surface area contributed by atoms with Crippen LogP contribution in [0.25, 0.3) is 0 Å². The van der Waals surface area contributed by atoms with E-state index in [0.29, 0.717) is 6.61 Å². The smallest absolute Gasteiger partial charge is 0.149 e. The second-order valence-electron chi connectivity index (χ2n) is 4.15. The lowest BCUT2D eigenvalue weighted by atomic mass is 9.99. The fraction of sp³-hybridized carbons (Fsp3) is 0.462. The molecule has 2 rings (SSSR count). The van der Waals surface area contributed by atoms with Gasteiger partial charge in [-0.1, -0.05) is 29.4 Å². The average molecular weight is 254 g/mol. The summed E-state index contributed by atoms with van der Waals surface area (Å²) in [5.41, 5.74) is 3.17. The molecule has 0 radical (unpaired) electrons. The quantitative estimate of drug-likeness (QED) is 0.773. The van der Waals surface area contributed by atoms with Crippen LogP contribution < -0.4 is 0 Å². The lowest BCUT2D eigenvalue weighted by molar-refractivity contribution is 0.0855. The Balaban J connectivity index is 2.18. The number of alkyl halides is 1. The Morgan fingerprint density at radius 2 is 2.29 bits per heavy atom. The van der Waals surface area contributed by atoms with Crippen LogP contribution in [0, 0.1) is 0 Å². The third-order valence-electron chi connectivity index (χ3n) is 2.83. The van der Waals surface area contributed by atoms with Gasteiger partial charge in [0.1, 0.15) is 6.10 Å². The van der Waals surface area contributed by atoms with Gasteiger partial charge in [0.15, 0.2) is 0 Å². The molecule has 1 aromatic rings. The van der Waals surface area contributed by atoms with Crippen molar-refractivity contribution in [2.24, 2.45) is 5.16 Å². The molecule has 0 N–H and O–H groups in total. The molecule has 17 heavy (non-hydrogen) atoms. The first-order valence-corrected chi connectivity index (χ1v) is 6.10. The number of halogens is 1. The minimum absolute atomic E-state index is 0.0257. The molecule has 1 aromatic carbocycles. The van der Waals surface area contributed by atoms with Crippen molar-refractivity contribution in [1.29, 1.82) is 0 Å². The van der Waals surface area contributed by atoms with Crippen molar-refractivity contribution in [3.8, 4) is 0 Å². The minimum Gasteiger partial charge on any atom is -0.390 e. The summed E-state index contributed by atoms with van der Waals surface area (Å²) in [6.07, 6.45) is 0.730. The Labute approximate surface area is 106 Å². The lowest BCUT2D eigenvalue weighted by Gasteiger charge is -2.10. The van der Waals surface area contributed by atoms with Gasteiger partial charge in [-0.05, 0) is 12.5 Å². The Hall–Kier alpha value is -1.06. The zero-order chi connectivity index (χ0) is 12.3. The normalized spacial score (nSPS) is 20.9. The number of rotatable bonds is 4. The molecule has 0 aliphatic carbocycles. The summed E-state index contributed by atoms with van der Waals surface area (Å²) in [7, 11) is 1.69. The van der Waals surface area contributed by atoms with Gasteiger partial charge < -0.3 is 9.57 Å². The summed E-state index contributed by atoms with van der Waals surface area (Å²) in [6, 6.07) is 8.07. The van der Waals surface area contributed by atoms with Crippen molar-refractivity contribution in [2.45, 2.75) is 31.4 Å². The van der Waals surface area contributed by atoms with Crippen LogP contribution in [0.3, 0.4) is 0 Å². The maximum absolute atomic E-state index is 6.01. The van der Waals surface area contributed by atoms with Gasteiger partial charge >= 0.3 is 0 Å². The highest BCUT2D eigenvalue weighted by Crippen LogP contribution is 2.23. The van der Waals surface area contributed by atoms with Crippen molar-refractivity contribution in [1.82, 2.24) is 0 Å². The molecule has 2 unspecified atom stereocenters. The number of hydrogen-bond donors (Lipinski definition) is 0. The molecule has 0 bridgehead atoms. The first kappa shape index (κ1) is 12.4. The van der Waals surface area contributed by atoms with E-state index in [2.05, 4.69) is 5.16 Å². The second-order valence-corrected chi connectivity index (χ2v) is 4.84. The lowest BCUT2D eigenvalue weighted by Crippen LogP contribution is -2.18. The standard InChI is InChI=1S/C13H16ClNO2/c1-9(14)13-7-12(15-17-13)11-6-4-3-5-10(11)8-16-2/h3-6,9,13H,7-8H2,1-2H3. The number of hydrogen-bond acceptors (Lipinski definition) is 3. The summed E-state index contributed by atoms with van der Waals surface area (Å²) >= 11 is 6.01. The monoisotopic (exact) mass is 253 g/mol. The molecule has 2 atom stereocenters. The van der Waals surface area contributed by atoms with Crippen LogP contribution in [-0.4, -0.2) is 24.3 Å². The maximum Gasteiger partial charge on any atom is 0.149 e. The van der Waals surface area contributed by atoms with Gasteiger partial charge in [-0.2, -0.15) is 0 Å². The number of benzene rings is 1. The first-order valence-electron chi connectivity index (χ1n) is 5.66. The molecule has 3 nitrogen and oxygen atoms in total. The van der Waals surface area contributed by atoms with Crippen LogP contribution in [0.2, 0.25) is 0 Å². The topological polar surface area (TPSA) is 30.8 Å². The molecule has 1 aliphatic heterocycles. The highest BCUT2D eigenvalue weighted by atomic mass is 35.5. The maximum atomic E-state index is 6.01. The second kappa shape index (κ2) is 5.52. The van der Waals surface area contributed by atoms with Gasteiger partial charge in [-0.3, -0.25) is 0 Å². The van der Waals surface area contributed by atoms with Crippen molar-refractivity contribution >= 4 is 17.3 Å². The van der Waals surface area contributed by atoms with Crippen molar-refractivity contribution in [2.75, 3.05) is 7.11 Å². The summed E-state index contributed by atoms with van der Waals surface area (Å²) < 4.78 is 5.18. The Bertz CT molecular complexity index is 418. The minimum atomic E-state index is -0.0363. The Kier molecular flexibility index (Phi) is 4.02. The number of ether oxygens (including phenoxy) is 1.